The molecule has 0 bridgehead atoms. The third kappa shape index (κ3) is 2.72. The fourth-order valence-electron chi connectivity index (χ4n) is 1.23. The van der Waals surface area contributed by atoms with Crippen LogP contribution in [0.1, 0.15) is 17.2 Å². The van der Waals surface area contributed by atoms with Crippen LogP contribution in [0.25, 0.3) is 0 Å². The van der Waals surface area contributed by atoms with Crippen LogP contribution in [-0.4, -0.2) is 22.1 Å². The SMILES string of the molecule is NCc1cccc(C(O)C(O)CS)c1. The van der Waals surface area contributed by atoms with Crippen LogP contribution in [-0.2, 0) is 6.54 Å². The number of hydrogen-bond acceptors (Lipinski definition) is 4. The fourth-order valence-corrected chi connectivity index (χ4v) is 1.43. The van der Waals surface area contributed by atoms with Crippen molar-refractivity contribution in [3.8, 4) is 0 Å². The van der Waals surface area contributed by atoms with E-state index < -0.39 is 12.2 Å². The Morgan fingerprint density at radius 2 is 2.07 bits per heavy atom. The van der Waals surface area contributed by atoms with Gasteiger partial charge in [0, 0.05) is 12.3 Å². The maximum absolute atomic E-state index is 9.67. The lowest BCUT2D eigenvalue weighted by Crippen LogP contribution is -2.19. The number of thiol groups is 1. The maximum atomic E-state index is 9.67. The van der Waals surface area contributed by atoms with Crippen LogP contribution < -0.4 is 5.73 Å². The van der Waals surface area contributed by atoms with E-state index in [9.17, 15) is 10.2 Å². The summed E-state index contributed by atoms with van der Waals surface area (Å²) < 4.78 is 0. The molecule has 0 aliphatic rings. The molecule has 0 fully saturated rings. The minimum absolute atomic E-state index is 0.230. The summed E-state index contributed by atoms with van der Waals surface area (Å²) in [5.41, 5.74) is 7.08. The van der Waals surface area contributed by atoms with E-state index in [0.717, 1.165) is 5.56 Å². The van der Waals surface area contributed by atoms with Gasteiger partial charge in [-0.05, 0) is 11.1 Å². The predicted octanol–water partition coefficient (Wildman–Crippen LogP) is 0.469. The van der Waals surface area contributed by atoms with Crippen LogP contribution >= 0.6 is 12.6 Å². The van der Waals surface area contributed by atoms with Crippen LogP contribution in [0.4, 0.5) is 0 Å². The number of hydrogen-bond donors (Lipinski definition) is 4. The van der Waals surface area contributed by atoms with Crippen molar-refractivity contribution in [3.05, 3.63) is 35.4 Å². The van der Waals surface area contributed by atoms with Gasteiger partial charge in [0.15, 0.2) is 0 Å². The molecular weight excluding hydrogens is 198 g/mol. The highest BCUT2D eigenvalue weighted by Gasteiger charge is 2.16. The molecule has 1 rings (SSSR count). The first-order valence-electron chi connectivity index (χ1n) is 4.45. The van der Waals surface area contributed by atoms with Crippen LogP contribution in [0, 0.1) is 0 Å². The van der Waals surface area contributed by atoms with Gasteiger partial charge in [-0.15, -0.1) is 0 Å². The highest BCUT2D eigenvalue weighted by molar-refractivity contribution is 7.80. The minimum Gasteiger partial charge on any atom is -0.389 e. The van der Waals surface area contributed by atoms with Gasteiger partial charge in [-0.3, -0.25) is 0 Å². The monoisotopic (exact) mass is 213 g/mol. The summed E-state index contributed by atoms with van der Waals surface area (Å²) in [5, 5.41) is 19.1. The topological polar surface area (TPSA) is 66.5 Å². The maximum Gasteiger partial charge on any atom is 0.106 e. The molecule has 4 N–H and O–H groups in total. The molecule has 0 radical (unpaired) electrons. The molecule has 78 valence electrons. The van der Waals surface area contributed by atoms with Crippen molar-refractivity contribution in [2.45, 2.75) is 18.8 Å². The van der Waals surface area contributed by atoms with Gasteiger partial charge in [0.2, 0.25) is 0 Å². The van der Waals surface area contributed by atoms with Gasteiger partial charge in [-0.1, -0.05) is 24.3 Å². The lowest BCUT2D eigenvalue weighted by Gasteiger charge is -2.16. The molecule has 14 heavy (non-hydrogen) atoms. The van der Waals surface area contributed by atoms with E-state index in [1.807, 2.05) is 12.1 Å². The van der Waals surface area contributed by atoms with Crippen LogP contribution in [0.2, 0.25) is 0 Å². The Hall–Kier alpha value is -0.550. The summed E-state index contributed by atoms with van der Waals surface area (Å²) in [6.07, 6.45) is -1.73. The molecule has 3 nitrogen and oxygen atoms in total. The zero-order valence-electron chi connectivity index (χ0n) is 7.80. The summed E-state index contributed by atoms with van der Waals surface area (Å²) in [7, 11) is 0. The molecule has 0 aromatic heterocycles. The normalized spacial score (nSPS) is 15.1. The van der Waals surface area contributed by atoms with E-state index >= 15 is 0 Å². The highest BCUT2D eigenvalue weighted by Crippen LogP contribution is 2.18. The fraction of sp³-hybridized carbons (Fsp3) is 0.400. The summed E-state index contributed by atoms with van der Waals surface area (Å²) in [4.78, 5) is 0. The first-order chi connectivity index (χ1) is 6.69. The average Bonchev–Trinajstić information content (AvgIpc) is 2.27. The van der Waals surface area contributed by atoms with Gasteiger partial charge in [0.1, 0.15) is 6.10 Å². The van der Waals surface area contributed by atoms with Crippen molar-refractivity contribution in [3.63, 3.8) is 0 Å². The first kappa shape index (κ1) is 11.5. The van der Waals surface area contributed by atoms with Crippen molar-refractivity contribution in [2.75, 3.05) is 5.75 Å². The molecule has 1 aromatic rings. The van der Waals surface area contributed by atoms with Gasteiger partial charge in [0.05, 0.1) is 6.10 Å². The van der Waals surface area contributed by atoms with Gasteiger partial charge < -0.3 is 15.9 Å². The molecular formula is C10H15NO2S. The zero-order valence-corrected chi connectivity index (χ0v) is 8.69. The Morgan fingerprint density at radius 3 is 2.64 bits per heavy atom. The highest BCUT2D eigenvalue weighted by atomic mass is 32.1. The standard InChI is InChI=1S/C10H15NO2S/c11-5-7-2-1-3-8(4-7)10(13)9(12)6-14/h1-4,9-10,12-14H,5-6,11H2. The Balaban J connectivity index is 2.83. The molecule has 2 atom stereocenters. The molecule has 4 heteroatoms. The second-order valence-corrected chi connectivity index (χ2v) is 3.51. The summed E-state index contributed by atoms with van der Waals surface area (Å²) in [6.45, 7) is 0.428. The lowest BCUT2D eigenvalue weighted by molar-refractivity contribution is 0.0337. The van der Waals surface area contributed by atoms with Crippen LogP contribution in [0.3, 0.4) is 0 Å². The van der Waals surface area contributed by atoms with Crippen molar-refractivity contribution in [1.82, 2.24) is 0 Å². The van der Waals surface area contributed by atoms with Gasteiger partial charge in [-0.2, -0.15) is 12.6 Å². The average molecular weight is 213 g/mol. The lowest BCUT2D eigenvalue weighted by atomic mass is 10.0. The molecule has 0 saturated heterocycles. The minimum atomic E-state index is -0.890. The zero-order chi connectivity index (χ0) is 10.6. The van der Waals surface area contributed by atoms with Gasteiger partial charge in [-0.25, -0.2) is 0 Å². The van der Waals surface area contributed by atoms with E-state index in [4.69, 9.17) is 5.73 Å². The summed E-state index contributed by atoms with van der Waals surface area (Å²) >= 11 is 3.92. The number of aliphatic hydroxyl groups excluding tert-OH is 2. The molecule has 0 aliphatic heterocycles. The number of benzene rings is 1. The molecule has 0 aliphatic carbocycles. The van der Waals surface area contributed by atoms with E-state index in [1.54, 1.807) is 12.1 Å². The third-order valence-corrected chi connectivity index (χ3v) is 2.45. The molecule has 0 saturated carbocycles. The van der Waals surface area contributed by atoms with Gasteiger partial charge >= 0.3 is 0 Å². The van der Waals surface area contributed by atoms with E-state index in [1.165, 1.54) is 0 Å². The van der Waals surface area contributed by atoms with E-state index in [0.29, 0.717) is 12.1 Å². The van der Waals surface area contributed by atoms with Crippen molar-refractivity contribution in [1.29, 1.82) is 0 Å². The predicted molar refractivity (Wildman–Crippen MR) is 59.2 cm³/mol. The Bertz CT molecular complexity index is 293. The van der Waals surface area contributed by atoms with Crippen LogP contribution in [0.15, 0.2) is 24.3 Å². The Morgan fingerprint density at radius 1 is 1.36 bits per heavy atom. The van der Waals surface area contributed by atoms with Crippen molar-refractivity contribution in [2.24, 2.45) is 5.73 Å². The molecule has 0 spiro atoms. The summed E-state index contributed by atoms with van der Waals surface area (Å²) in [6, 6.07) is 7.24. The Kier molecular flexibility index (Phi) is 4.41. The first-order valence-corrected chi connectivity index (χ1v) is 5.08. The Labute approximate surface area is 89.0 Å². The number of rotatable bonds is 4. The van der Waals surface area contributed by atoms with Crippen LogP contribution in [0.5, 0.6) is 0 Å². The molecule has 2 unspecified atom stereocenters. The summed E-state index contributed by atoms with van der Waals surface area (Å²) in [5.74, 6) is 0.230. The number of aliphatic hydroxyl groups is 2. The third-order valence-electron chi connectivity index (χ3n) is 2.08. The second-order valence-electron chi connectivity index (χ2n) is 3.14. The smallest absolute Gasteiger partial charge is 0.106 e. The largest absolute Gasteiger partial charge is 0.389 e. The molecule has 0 amide bonds. The quantitative estimate of drug-likeness (QED) is 0.550. The second kappa shape index (κ2) is 5.36. The van der Waals surface area contributed by atoms with Gasteiger partial charge in [0.25, 0.3) is 0 Å². The molecule has 1 aromatic carbocycles. The van der Waals surface area contributed by atoms with E-state index in [2.05, 4.69) is 12.6 Å². The molecule has 0 heterocycles. The van der Waals surface area contributed by atoms with Crippen molar-refractivity contribution < 1.29 is 10.2 Å². The van der Waals surface area contributed by atoms with E-state index in [-0.39, 0.29) is 5.75 Å². The number of nitrogens with two attached hydrogens (primary N) is 1. The van der Waals surface area contributed by atoms with Crippen molar-refractivity contribution >= 4 is 12.6 Å².